The molecule has 2 aromatic rings. The largest absolute Gasteiger partial charge is 0.494 e. The average Bonchev–Trinajstić information content (AvgIpc) is 2.69. The molecule has 0 unspecified atom stereocenters. The normalized spacial score (nSPS) is 14.6. The Morgan fingerprint density at radius 1 is 1.07 bits per heavy atom. The lowest BCUT2D eigenvalue weighted by Crippen LogP contribution is -2.59. The molecule has 0 aliphatic carbocycles. The summed E-state index contributed by atoms with van der Waals surface area (Å²) in [5.41, 5.74) is 0.775. The fourth-order valence-electron chi connectivity index (χ4n) is 3.19. The fraction of sp³-hybridized carbons (Fsp3) is 0.318. The van der Waals surface area contributed by atoms with Gasteiger partial charge in [0.1, 0.15) is 11.3 Å². The van der Waals surface area contributed by atoms with Crippen LogP contribution in [0.5, 0.6) is 5.75 Å². The first-order valence-electron chi connectivity index (χ1n) is 9.44. The minimum atomic E-state index is -1.10. The van der Waals surface area contributed by atoms with Crippen LogP contribution in [0, 0.1) is 0 Å². The average molecular weight is 396 g/mol. The molecule has 0 saturated carbocycles. The summed E-state index contributed by atoms with van der Waals surface area (Å²) in [6.45, 7) is 5.32. The molecule has 1 heterocycles. The molecule has 0 saturated heterocycles. The van der Waals surface area contributed by atoms with Gasteiger partial charge in [0.15, 0.2) is 6.61 Å². The molecular weight excluding hydrogens is 372 g/mol. The molecular formula is C22H24N2O5. The number of fused-ring (bicyclic) bond motifs is 1. The zero-order chi connectivity index (χ0) is 21.0. The van der Waals surface area contributed by atoms with Crippen molar-refractivity contribution >= 4 is 29.2 Å². The maximum Gasteiger partial charge on any atom is 0.310 e. The first kappa shape index (κ1) is 20.4. The number of hydrogen-bond acceptors (Lipinski definition) is 5. The summed E-state index contributed by atoms with van der Waals surface area (Å²) in [6.07, 6.45) is 0.0418. The Bertz CT molecular complexity index is 921. The molecule has 0 fully saturated rings. The molecule has 1 aliphatic rings. The Hall–Kier alpha value is -3.35. The van der Waals surface area contributed by atoms with Gasteiger partial charge in [0.25, 0.3) is 5.91 Å². The molecule has 7 heteroatoms. The van der Waals surface area contributed by atoms with Gasteiger partial charge in [-0.1, -0.05) is 24.3 Å². The van der Waals surface area contributed by atoms with Gasteiger partial charge in [-0.15, -0.1) is 0 Å². The van der Waals surface area contributed by atoms with Gasteiger partial charge in [-0.2, -0.15) is 0 Å². The highest BCUT2D eigenvalue weighted by Gasteiger charge is 2.43. The molecule has 7 nitrogen and oxygen atoms in total. The second-order valence-electron chi connectivity index (χ2n) is 7.17. The van der Waals surface area contributed by atoms with Crippen molar-refractivity contribution in [1.29, 1.82) is 0 Å². The van der Waals surface area contributed by atoms with Crippen LogP contribution in [0.2, 0.25) is 0 Å². The van der Waals surface area contributed by atoms with Crippen molar-refractivity contribution in [2.75, 3.05) is 23.4 Å². The molecule has 2 amide bonds. The van der Waals surface area contributed by atoms with Crippen LogP contribution in [0.15, 0.2) is 48.5 Å². The van der Waals surface area contributed by atoms with E-state index in [1.807, 2.05) is 6.92 Å². The highest BCUT2D eigenvalue weighted by molar-refractivity contribution is 6.14. The molecule has 0 atom stereocenters. The van der Waals surface area contributed by atoms with Crippen LogP contribution < -0.4 is 15.0 Å². The second kappa shape index (κ2) is 8.34. The van der Waals surface area contributed by atoms with Gasteiger partial charge in [-0.05, 0) is 50.6 Å². The quantitative estimate of drug-likeness (QED) is 0.759. The third-order valence-electron chi connectivity index (χ3n) is 4.70. The first-order chi connectivity index (χ1) is 13.8. The van der Waals surface area contributed by atoms with Gasteiger partial charge in [-0.25, -0.2) is 0 Å². The van der Waals surface area contributed by atoms with Crippen LogP contribution in [0.4, 0.5) is 11.4 Å². The zero-order valence-electron chi connectivity index (χ0n) is 16.7. The Morgan fingerprint density at radius 2 is 1.76 bits per heavy atom. The number of hydrogen-bond donors (Lipinski definition) is 1. The Labute approximate surface area is 169 Å². The summed E-state index contributed by atoms with van der Waals surface area (Å²) in [4.78, 5) is 38.8. The van der Waals surface area contributed by atoms with Gasteiger partial charge in [0.05, 0.1) is 24.4 Å². The third kappa shape index (κ3) is 4.39. The van der Waals surface area contributed by atoms with Crippen molar-refractivity contribution in [1.82, 2.24) is 0 Å². The van der Waals surface area contributed by atoms with Crippen LogP contribution in [0.3, 0.4) is 0 Å². The number of esters is 1. The molecule has 29 heavy (non-hydrogen) atoms. The van der Waals surface area contributed by atoms with E-state index in [1.165, 1.54) is 4.90 Å². The second-order valence-corrected chi connectivity index (χ2v) is 7.17. The molecule has 1 N–H and O–H groups in total. The SMILES string of the molecule is CCOc1ccc(CC(=O)OCC(=O)N2c3ccccc3NC(=O)C2(C)C)cc1. The molecule has 3 rings (SSSR count). The number of carbonyl (C=O) groups excluding carboxylic acids is 3. The number of ether oxygens (including phenoxy) is 2. The lowest BCUT2D eigenvalue weighted by molar-refractivity contribution is -0.147. The summed E-state index contributed by atoms with van der Waals surface area (Å²) in [5.74, 6) is -0.554. The van der Waals surface area contributed by atoms with Crippen molar-refractivity contribution in [3.63, 3.8) is 0 Å². The zero-order valence-corrected chi connectivity index (χ0v) is 16.7. The van der Waals surface area contributed by atoms with E-state index >= 15 is 0 Å². The van der Waals surface area contributed by atoms with Crippen molar-refractivity contribution in [3.05, 3.63) is 54.1 Å². The number of rotatable bonds is 6. The highest BCUT2D eigenvalue weighted by Crippen LogP contribution is 2.36. The summed E-state index contributed by atoms with van der Waals surface area (Å²) < 4.78 is 10.6. The fourth-order valence-corrected chi connectivity index (χ4v) is 3.19. The predicted molar refractivity (Wildman–Crippen MR) is 109 cm³/mol. The minimum Gasteiger partial charge on any atom is -0.494 e. The smallest absolute Gasteiger partial charge is 0.310 e. The monoisotopic (exact) mass is 396 g/mol. The number of benzene rings is 2. The lowest BCUT2D eigenvalue weighted by Gasteiger charge is -2.41. The molecule has 152 valence electrons. The van der Waals surface area contributed by atoms with Crippen molar-refractivity contribution < 1.29 is 23.9 Å². The van der Waals surface area contributed by atoms with Gasteiger partial charge < -0.3 is 14.8 Å². The molecule has 0 aromatic heterocycles. The van der Waals surface area contributed by atoms with E-state index in [9.17, 15) is 14.4 Å². The predicted octanol–water partition coefficient (Wildman–Crippen LogP) is 2.93. The van der Waals surface area contributed by atoms with Crippen molar-refractivity contribution in [3.8, 4) is 5.75 Å². The molecule has 1 aliphatic heterocycles. The summed E-state index contributed by atoms with van der Waals surface area (Å²) >= 11 is 0. The van der Waals surface area contributed by atoms with Crippen molar-refractivity contribution in [2.45, 2.75) is 32.7 Å². The van der Waals surface area contributed by atoms with E-state index in [0.717, 1.165) is 11.3 Å². The van der Waals surface area contributed by atoms with Gasteiger partial charge in [-0.3, -0.25) is 19.3 Å². The van der Waals surface area contributed by atoms with E-state index in [1.54, 1.807) is 62.4 Å². The van der Waals surface area contributed by atoms with Gasteiger partial charge >= 0.3 is 5.97 Å². The Morgan fingerprint density at radius 3 is 2.45 bits per heavy atom. The number of nitrogens with zero attached hydrogens (tertiary/aromatic N) is 1. The summed E-state index contributed by atoms with van der Waals surface area (Å²) in [5, 5.41) is 2.80. The minimum absolute atomic E-state index is 0.0418. The Balaban J connectivity index is 1.65. The number of nitrogens with one attached hydrogen (secondary N) is 1. The number of carbonyl (C=O) groups is 3. The molecule has 0 radical (unpaired) electrons. The first-order valence-corrected chi connectivity index (χ1v) is 9.44. The maximum atomic E-state index is 12.8. The van der Waals surface area contributed by atoms with E-state index in [2.05, 4.69) is 5.32 Å². The number of anilines is 2. The highest BCUT2D eigenvalue weighted by atomic mass is 16.5. The topological polar surface area (TPSA) is 84.9 Å². The Kier molecular flexibility index (Phi) is 5.87. The number of amides is 2. The van der Waals surface area contributed by atoms with Crippen molar-refractivity contribution in [2.24, 2.45) is 0 Å². The van der Waals surface area contributed by atoms with Crippen LogP contribution in [0.1, 0.15) is 26.3 Å². The molecule has 2 aromatic carbocycles. The van der Waals surface area contributed by atoms with E-state index in [-0.39, 0.29) is 12.3 Å². The van der Waals surface area contributed by atoms with Gasteiger partial charge in [0, 0.05) is 0 Å². The standard InChI is InChI=1S/C22H24N2O5/c1-4-28-16-11-9-15(10-12-16)13-20(26)29-14-19(25)24-18-8-6-5-7-17(18)23-21(27)22(24,2)3/h5-12H,4,13-14H2,1-3H3,(H,23,27). The van der Waals surface area contributed by atoms with Crippen LogP contribution >= 0.6 is 0 Å². The van der Waals surface area contributed by atoms with Crippen LogP contribution in [0.25, 0.3) is 0 Å². The lowest BCUT2D eigenvalue weighted by atomic mass is 9.96. The molecule has 0 spiro atoms. The number of para-hydroxylation sites is 2. The van der Waals surface area contributed by atoms with E-state index in [4.69, 9.17) is 9.47 Å². The van der Waals surface area contributed by atoms with Gasteiger partial charge in [0.2, 0.25) is 5.91 Å². The summed E-state index contributed by atoms with van der Waals surface area (Å²) in [6, 6.07) is 14.1. The van der Waals surface area contributed by atoms with E-state index < -0.39 is 24.0 Å². The summed E-state index contributed by atoms with van der Waals surface area (Å²) in [7, 11) is 0. The van der Waals surface area contributed by atoms with Crippen LogP contribution in [-0.4, -0.2) is 36.5 Å². The van der Waals surface area contributed by atoms with Crippen LogP contribution in [-0.2, 0) is 25.5 Å². The maximum absolute atomic E-state index is 12.8. The van der Waals surface area contributed by atoms with E-state index in [0.29, 0.717) is 18.0 Å². The third-order valence-corrected chi connectivity index (χ3v) is 4.70. The molecule has 0 bridgehead atoms.